The molecule has 1 aliphatic heterocycles. The van der Waals surface area contributed by atoms with Gasteiger partial charge in [0.25, 0.3) is 0 Å². The van der Waals surface area contributed by atoms with Gasteiger partial charge in [-0.3, -0.25) is 0 Å². The van der Waals surface area contributed by atoms with Crippen molar-refractivity contribution < 1.29 is 17.9 Å². The highest BCUT2D eigenvalue weighted by atomic mass is 19.2. The lowest BCUT2D eigenvalue weighted by Crippen LogP contribution is -2.23. The normalized spacial score (nSPS) is 18.9. The van der Waals surface area contributed by atoms with Gasteiger partial charge in [-0.25, -0.2) is 13.2 Å². The minimum atomic E-state index is -1.45. The van der Waals surface area contributed by atoms with Crippen molar-refractivity contribution in [3.05, 3.63) is 41.9 Å². The van der Waals surface area contributed by atoms with E-state index in [9.17, 15) is 13.2 Å². The highest BCUT2D eigenvalue weighted by molar-refractivity contribution is 5.44. The Morgan fingerprint density at radius 1 is 1.24 bits per heavy atom. The Hall–Kier alpha value is -1.65. The monoisotopic (exact) mass is 243 g/mol. The molecular formula is C12H12F3NO. The van der Waals surface area contributed by atoms with Crippen molar-refractivity contribution >= 4 is 5.69 Å². The van der Waals surface area contributed by atoms with Crippen molar-refractivity contribution in [1.29, 1.82) is 0 Å². The van der Waals surface area contributed by atoms with E-state index in [1.807, 2.05) is 6.08 Å². The van der Waals surface area contributed by atoms with Gasteiger partial charge in [0, 0.05) is 17.8 Å². The van der Waals surface area contributed by atoms with Gasteiger partial charge in [0.15, 0.2) is 17.5 Å². The van der Waals surface area contributed by atoms with Gasteiger partial charge in [0.05, 0.1) is 12.8 Å². The van der Waals surface area contributed by atoms with E-state index in [-0.39, 0.29) is 11.8 Å². The van der Waals surface area contributed by atoms with Crippen LogP contribution in [0.4, 0.5) is 18.9 Å². The lowest BCUT2D eigenvalue weighted by atomic mass is 10.1. The summed E-state index contributed by atoms with van der Waals surface area (Å²) in [6.45, 7) is 0.425. The first-order valence-corrected chi connectivity index (χ1v) is 5.35. The molecule has 92 valence electrons. The lowest BCUT2D eigenvalue weighted by molar-refractivity contribution is 0.135. The van der Waals surface area contributed by atoms with Crippen LogP contribution in [0.1, 0.15) is 12.8 Å². The Labute approximate surface area is 97.1 Å². The van der Waals surface area contributed by atoms with E-state index in [4.69, 9.17) is 4.74 Å². The third kappa shape index (κ3) is 2.93. The fourth-order valence-corrected chi connectivity index (χ4v) is 1.62. The Balaban J connectivity index is 1.97. The van der Waals surface area contributed by atoms with Gasteiger partial charge >= 0.3 is 0 Å². The van der Waals surface area contributed by atoms with Crippen molar-refractivity contribution in [1.82, 2.24) is 0 Å². The number of halogens is 3. The van der Waals surface area contributed by atoms with Gasteiger partial charge < -0.3 is 10.1 Å². The van der Waals surface area contributed by atoms with Crippen LogP contribution >= 0.6 is 0 Å². The summed E-state index contributed by atoms with van der Waals surface area (Å²) < 4.78 is 43.8. The molecule has 0 saturated heterocycles. The molecule has 1 aromatic carbocycles. The lowest BCUT2D eigenvalue weighted by Gasteiger charge is -2.20. The van der Waals surface area contributed by atoms with Crippen molar-refractivity contribution in [3.63, 3.8) is 0 Å². The molecule has 17 heavy (non-hydrogen) atoms. The largest absolute Gasteiger partial charge is 0.497 e. The number of hydrogen-bond acceptors (Lipinski definition) is 2. The number of anilines is 1. The smallest absolute Gasteiger partial charge is 0.194 e. The molecule has 0 radical (unpaired) electrons. The number of rotatable bonds is 3. The molecule has 2 rings (SSSR count). The summed E-state index contributed by atoms with van der Waals surface area (Å²) in [4.78, 5) is 0. The van der Waals surface area contributed by atoms with E-state index < -0.39 is 17.5 Å². The second-order valence-electron chi connectivity index (χ2n) is 3.84. The zero-order valence-electron chi connectivity index (χ0n) is 9.05. The average molecular weight is 243 g/mol. The van der Waals surface area contributed by atoms with Gasteiger partial charge in [-0.2, -0.15) is 0 Å². The minimum Gasteiger partial charge on any atom is -0.497 e. The molecular weight excluding hydrogens is 231 g/mol. The number of ether oxygens (including phenoxy) is 1. The maximum absolute atomic E-state index is 12.9. The standard InChI is InChI=1S/C12H12F3NO/c13-10-5-8(6-11(14)12(10)15)16-7-9-3-1-2-4-17-9/h2,4-6,9,16H,1,3,7H2. The SMILES string of the molecule is Fc1cc(NCC2CCC=CO2)cc(F)c1F. The fourth-order valence-electron chi connectivity index (χ4n) is 1.62. The van der Waals surface area contributed by atoms with Crippen molar-refractivity contribution in [3.8, 4) is 0 Å². The number of benzene rings is 1. The van der Waals surface area contributed by atoms with Crippen molar-refractivity contribution in [2.24, 2.45) is 0 Å². The van der Waals surface area contributed by atoms with Crippen molar-refractivity contribution in [2.75, 3.05) is 11.9 Å². The Morgan fingerprint density at radius 2 is 1.94 bits per heavy atom. The van der Waals surface area contributed by atoms with Gasteiger partial charge in [-0.15, -0.1) is 0 Å². The molecule has 1 atom stereocenters. The molecule has 0 bridgehead atoms. The van der Waals surface area contributed by atoms with Crippen LogP contribution in [-0.2, 0) is 4.74 Å². The molecule has 1 N–H and O–H groups in total. The van der Waals surface area contributed by atoms with Crippen LogP contribution in [-0.4, -0.2) is 12.6 Å². The first kappa shape index (κ1) is 11.8. The molecule has 0 saturated carbocycles. The van der Waals surface area contributed by atoms with E-state index in [1.165, 1.54) is 0 Å². The first-order valence-electron chi connectivity index (χ1n) is 5.35. The Kier molecular flexibility index (Phi) is 3.56. The zero-order chi connectivity index (χ0) is 12.3. The predicted octanol–water partition coefficient (Wildman–Crippen LogP) is 3.21. The van der Waals surface area contributed by atoms with Crippen LogP contribution in [0.2, 0.25) is 0 Å². The maximum atomic E-state index is 12.9. The summed E-state index contributed by atoms with van der Waals surface area (Å²) in [7, 11) is 0. The average Bonchev–Trinajstić information content (AvgIpc) is 2.34. The first-order chi connectivity index (χ1) is 8.16. The molecule has 0 amide bonds. The number of allylic oxidation sites excluding steroid dienone is 1. The fraction of sp³-hybridized carbons (Fsp3) is 0.333. The summed E-state index contributed by atoms with van der Waals surface area (Å²) in [5.41, 5.74) is 0.208. The number of hydrogen-bond donors (Lipinski definition) is 1. The topological polar surface area (TPSA) is 21.3 Å². The van der Waals surface area contributed by atoms with Crippen LogP contribution in [0.25, 0.3) is 0 Å². The van der Waals surface area contributed by atoms with Crippen LogP contribution in [0.15, 0.2) is 24.5 Å². The zero-order valence-corrected chi connectivity index (χ0v) is 9.05. The molecule has 1 heterocycles. The summed E-state index contributed by atoms with van der Waals surface area (Å²) >= 11 is 0. The molecule has 0 aromatic heterocycles. The Morgan fingerprint density at radius 3 is 2.53 bits per heavy atom. The molecule has 1 aliphatic rings. The van der Waals surface area contributed by atoms with Crippen LogP contribution in [0, 0.1) is 17.5 Å². The molecule has 1 aromatic rings. The highest BCUT2D eigenvalue weighted by Crippen LogP contribution is 2.18. The third-order valence-electron chi connectivity index (χ3n) is 2.54. The third-order valence-corrected chi connectivity index (χ3v) is 2.54. The summed E-state index contributed by atoms with van der Waals surface area (Å²) in [5, 5.41) is 2.82. The van der Waals surface area contributed by atoms with E-state index in [0.717, 1.165) is 25.0 Å². The molecule has 5 heteroatoms. The van der Waals surface area contributed by atoms with Gasteiger partial charge in [-0.1, -0.05) is 0 Å². The second-order valence-corrected chi connectivity index (χ2v) is 3.84. The molecule has 0 spiro atoms. The van der Waals surface area contributed by atoms with Gasteiger partial charge in [0.1, 0.15) is 6.10 Å². The van der Waals surface area contributed by atoms with E-state index in [0.29, 0.717) is 6.54 Å². The highest BCUT2D eigenvalue weighted by Gasteiger charge is 2.13. The molecule has 2 nitrogen and oxygen atoms in total. The number of nitrogens with one attached hydrogen (secondary N) is 1. The summed E-state index contributed by atoms with van der Waals surface area (Å²) in [6.07, 6.45) is 5.25. The predicted molar refractivity (Wildman–Crippen MR) is 58.1 cm³/mol. The summed E-state index contributed by atoms with van der Waals surface area (Å²) in [6, 6.07) is 1.86. The Bertz CT molecular complexity index is 411. The van der Waals surface area contributed by atoms with Gasteiger partial charge in [0.2, 0.25) is 0 Å². The maximum Gasteiger partial charge on any atom is 0.194 e. The van der Waals surface area contributed by atoms with E-state index in [2.05, 4.69) is 5.32 Å². The molecule has 0 aliphatic carbocycles. The van der Waals surface area contributed by atoms with E-state index >= 15 is 0 Å². The van der Waals surface area contributed by atoms with E-state index in [1.54, 1.807) is 6.26 Å². The molecule has 1 unspecified atom stereocenters. The van der Waals surface area contributed by atoms with Crippen molar-refractivity contribution in [2.45, 2.75) is 18.9 Å². The molecule has 0 fully saturated rings. The minimum absolute atomic E-state index is 0.0313. The second kappa shape index (κ2) is 5.12. The van der Waals surface area contributed by atoms with Crippen LogP contribution in [0.3, 0.4) is 0 Å². The van der Waals surface area contributed by atoms with Crippen LogP contribution in [0.5, 0.6) is 0 Å². The quantitative estimate of drug-likeness (QED) is 0.823. The summed E-state index contributed by atoms with van der Waals surface area (Å²) in [5.74, 6) is -3.85. The van der Waals surface area contributed by atoms with Crippen LogP contribution < -0.4 is 5.32 Å². The van der Waals surface area contributed by atoms with Gasteiger partial charge in [-0.05, 0) is 18.9 Å².